The quantitative estimate of drug-likeness (QED) is 0.380. The average molecular weight is 579 g/mol. The summed E-state index contributed by atoms with van der Waals surface area (Å²) in [4.78, 5) is 47.2. The molecule has 0 unspecified atom stereocenters. The number of anilines is 1. The molecule has 12 heteroatoms. The Morgan fingerprint density at radius 1 is 1.24 bits per heavy atom. The minimum absolute atomic E-state index is 0.0224. The van der Waals surface area contributed by atoms with Crippen molar-refractivity contribution >= 4 is 35.3 Å². The molecule has 0 aromatic heterocycles. The van der Waals surface area contributed by atoms with Gasteiger partial charge in [0.15, 0.2) is 0 Å². The molecule has 3 amide bonds. The summed E-state index contributed by atoms with van der Waals surface area (Å²) in [5, 5.41) is 12.8. The van der Waals surface area contributed by atoms with Gasteiger partial charge in [-0.25, -0.2) is 0 Å². The minimum atomic E-state index is -4.65. The van der Waals surface area contributed by atoms with Crippen LogP contribution in [0.15, 0.2) is 65.3 Å². The predicted octanol–water partition coefficient (Wildman–Crippen LogP) is 3.89. The zero-order chi connectivity index (χ0) is 30.2. The van der Waals surface area contributed by atoms with Gasteiger partial charge in [-0.15, -0.1) is 0 Å². The number of halogens is 3. The average Bonchev–Trinajstić information content (AvgIpc) is 3.65. The van der Waals surface area contributed by atoms with E-state index in [-0.39, 0.29) is 36.1 Å². The van der Waals surface area contributed by atoms with Crippen LogP contribution in [0.1, 0.15) is 36.8 Å². The van der Waals surface area contributed by atoms with Crippen molar-refractivity contribution in [1.29, 1.82) is 5.26 Å². The molecule has 5 rings (SSSR count). The molecule has 1 saturated heterocycles. The van der Waals surface area contributed by atoms with Crippen molar-refractivity contribution in [3.8, 4) is 6.07 Å². The van der Waals surface area contributed by atoms with E-state index in [1.165, 1.54) is 35.0 Å². The van der Waals surface area contributed by atoms with Crippen molar-refractivity contribution in [1.82, 2.24) is 9.80 Å². The lowest BCUT2D eigenvalue weighted by Gasteiger charge is -2.32. The Morgan fingerprint density at radius 3 is 2.60 bits per heavy atom. The van der Waals surface area contributed by atoms with Crippen LogP contribution in [0.5, 0.6) is 0 Å². The van der Waals surface area contributed by atoms with Gasteiger partial charge in [0.1, 0.15) is 12.1 Å². The fraction of sp³-hybridized carbons (Fsp3) is 0.367. The van der Waals surface area contributed by atoms with Crippen LogP contribution in [0.2, 0.25) is 0 Å². The van der Waals surface area contributed by atoms with E-state index in [9.17, 15) is 32.8 Å². The topological polar surface area (TPSA) is 132 Å². The summed E-state index contributed by atoms with van der Waals surface area (Å²) in [7, 11) is 1.42. The van der Waals surface area contributed by atoms with Gasteiger partial charge in [-0.1, -0.05) is 43.2 Å². The van der Waals surface area contributed by atoms with Crippen molar-refractivity contribution in [2.45, 2.75) is 49.4 Å². The number of likely N-dealkylation sites (tertiary alicyclic amines) is 1. The molecule has 2 aromatic rings. The van der Waals surface area contributed by atoms with Crippen molar-refractivity contribution in [3.05, 3.63) is 71.4 Å². The number of aliphatic imine (C=N–C) groups is 1. The number of likely N-dealkylation sites (N-methyl/N-ethyl adjacent to an activating group) is 1. The number of nitrogens with one attached hydrogen (secondary N) is 1. The second-order valence-electron chi connectivity index (χ2n) is 10.9. The van der Waals surface area contributed by atoms with Gasteiger partial charge in [-0.05, 0) is 36.1 Å². The zero-order valence-corrected chi connectivity index (χ0v) is 22.8. The third-order valence-corrected chi connectivity index (χ3v) is 8.22. The third-order valence-electron chi connectivity index (χ3n) is 8.22. The zero-order valence-electron chi connectivity index (χ0n) is 22.8. The van der Waals surface area contributed by atoms with Crippen LogP contribution in [-0.2, 0) is 26.0 Å². The van der Waals surface area contributed by atoms with Gasteiger partial charge in [-0.2, -0.15) is 18.4 Å². The number of amides is 3. The Hall–Kier alpha value is -4.66. The van der Waals surface area contributed by atoms with E-state index in [0.717, 1.165) is 36.9 Å². The molecule has 1 aliphatic carbocycles. The number of para-hydroxylation sites is 2. The summed E-state index contributed by atoms with van der Waals surface area (Å²) in [5.41, 5.74) is 4.40. The lowest BCUT2D eigenvalue weighted by atomic mass is 9.80. The Balaban J connectivity index is 1.40. The maximum atomic E-state index is 14.1. The number of alkyl halides is 3. The summed E-state index contributed by atoms with van der Waals surface area (Å²) in [5.74, 6) is -1.28. The van der Waals surface area contributed by atoms with Crippen LogP contribution in [0.3, 0.4) is 0 Å². The number of nitrogens with zero attached hydrogens (tertiary/aromatic N) is 4. The van der Waals surface area contributed by atoms with Gasteiger partial charge < -0.3 is 20.9 Å². The largest absolute Gasteiger partial charge is 0.418 e. The number of nitriles is 1. The number of hydrogen-bond acceptors (Lipinski definition) is 6. The minimum Gasteiger partial charge on any atom is -0.404 e. The normalized spacial score (nSPS) is 22.6. The molecule has 3 aliphatic rings. The summed E-state index contributed by atoms with van der Waals surface area (Å²) in [6.07, 6.45) is -0.567. The number of benzene rings is 2. The fourth-order valence-corrected chi connectivity index (χ4v) is 5.75. The van der Waals surface area contributed by atoms with Crippen molar-refractivity contribution in [2.75, 3.05) is 18.9 Å². The van der Waals surface area contributed by atoms with E-state index in [1.54, 1.807) is 18.2 Å². The summed E-state index contributed by atoms with van der Waals surface area (Å²) < 4.78 is 40.2. The summed E-state index contributed by atoms with van der Waals surface area (Å²) >= 11 is 0. The summed E-state index contributed by atoms with van der Waals surface area (Å²) in [6.45, 7) is -0.0224. The van der Waals surface area contributed by atoms with Gasteiger partial charge in [0.05, 0.1) is 28.3 Å². The molecular weight excluding hydrogens is 549 g/mol. The van der Waals surface area contributed by atoms with Gasteiger partial charge in [0.25, 0.3) is 5.91 Å². The Morgan fingerprint density at radius 2 is 1.93 bits per heavy atom. The lowest BCUT2D eigenvalue weighted by Crippen LogP contribution is -2.52. The number of rotatable bonds is 7. The molecule has 0 radical (unpaired) electrons. The van der Waals surface area contributed by atoms with E-state index in [4.69, 9.17) is 5.73 Å². The van der Waals surface area contributed by atoms with Crippen LogP contribution >= 0.6 is 0 Å². The molecule has 3 atom stereocenters. The fourth-order valence-electron chi connectivity index (χ4n) is 5.75. The SMILES string of the molecule is CN(C(=O)C(C=Nc1ccccc1C(F)(F)F)=CN)[C@@H](CC1CC1)C(=O)N1C[C@]2(C[C@H]1C#N)C(=O)Nc1ccccc12. The molecule has 2 heterocycles. The highest BCUT2D eigenvalue weighted by Gasteiger charge is 2.57. The van der Waals surface area contributed by atoms with Gasteiger partial charge >= 0.3 is 6.18 Å². The smallest absolute Gasteiger partial charge is 0.404 e. The molecule has 9 nitrogen and oxygen atoms in total. The molecule has 218 valence electrons. The maximum absolute atomic E-state index is 14.1. The molecule has 2 fully saturated rings. The highest BCUT2D eigenvalue weighted by Crippen LogP contribution is 2.47. The van der Waals surface area contributed by atoms with Crippen LogP contribution in [0, 0.1) is 17.2 Å². The molecular formula is C30H29F3N6O3. The van der Waals surface area contributed by atoms with E-state index in [2.05, 4.69) is 16.4 Å². The highest BCUT2D eigenvalue weighted by atomic mass is 19.4. The Labute approximate surface area is 240 Å². The summed E-state index contributed by atoms with van der Waals surface area (Å²) in [6, 6.07) is 12.1. The first-order valence-electron chi connectivity index (χ1n) is 13.5. The monoisotopic (exact) mass is 578 g/mol. The Bertz CT molecular complexity index is 1530. The van der Waals surface area contributed by atoms with Gasteiger partial charge in [0.2, 0.25) is 11.8 Å². The van der Waals surface area contributed by atoms with Crippen molar-refractivity contribution < 1.29 is 27.6 Å². The van der Waals surface area contributed by atoms with E-state index < -0.39 is 41.1 Å². The number of nitrogens with two attached hydrogens (primary N) is 1. The first kappa shape index (κ1) is 28.9. The Kier molecular flexibility index (Phi) is 7.53. The number of hydrogen-bond donors (Lipinski definition) is 2. The molecule has 1 saturated carbocycles. The molecule has 1 spiro atoms. The van der Waals surface area contributed by atoms with Crippen molar-refractivity contribution in [2.24, 2.45) is 16.6 Å². The molecule has 2 aliphatic heterocycles. The first-order valence-corrected chi connectivity index (χ1v) is 13.5. The molecule has 3 N–H and O–H groups in total. The first-order chi connectivity index (χ1) is 20.0. The van der Waals surface area contributed by atoms with Crippen molar-refractivity contribution in [3.63, 3.8) is 0 Å². The standard InChI is InChI=1S/C30H29F3N6O3/c1-38(26(40)19(14-34)16-36-23-8-4-3-7-22(23)30(31,32)33)25(12-18-10-11-18)27(41)39-17-29(13-20(39)15-35)21-6-2-5-9-24(21)37-28(29)42/h2-9,14,16,18,20,25H,10-13,17,34H2,1H3,(H,37,42)/t20-,25-,29-/m0/s1. The second kappa shape index (κ2) is 11.0. The van der Waals surface area contributed by atoms with E-state index in [1.807, 2.05) is 6.07 Å². The predicted molar refractivity (Wildman–Crippen MR) is 148 cm³/mol. The second-order valence-corrected chi connectivity index (χ2v) is 10.9. The number of carbonyl (C=O) groups is 3. The van der Waals surface area contributed by atoms with Gasteiger partial charge in [-0.3, -0.25) is 19.4 Å². The van der Waals surface area contributed by atoms with Crippen LogP contribution < -0.4 is 11.1 Å². The van der Waals surface area contributed by atoms with Crippen LogP contribution in [-0.4, -0.2) is 59.4 Å². The highest BCUT2D eigenvalue weighted by molar-refractivity contribution is 6.13. The third kappa shape index (κ3) is 5.22. The van der Waals surface area contributed by atoms with Crippen LogP contribution in [0.4, 0.5) is 24.5 Å². The van der Waals surface area contributed by atoms with Crippen LogP contribution in [0.25, 0.3) is 0 Å². The maximum Gasteiger partial charge on any atom is 0.418 e. The number of fused-ring (bicyclic) bond motifs is 2. The van der Waals surface area contributed by atoms with E-state index in [0.29, 0.717) is 12.1 Å². The molecule has 2 aromatic carbocycles. The van der Waals surface area contributed by atoms with Gasteiger partial charge in [0, 0.05) is 38.1 Å². The lowest BCUT2D eigenvalue weighted by molar-refractivity contribution is -0.143. The van der Waals surface area contributed by atoms with E-state index >= 15 is 0 Å². The molecule has 0 bridgehead atoms. The number of carbonyl (C=O) groups excluding carboxylic acids is 3. The molecule has 42 heavy (non-hydrogen) atoms.